The van der Waals surface area contributed by atoms with Gasteiger partial charge in [0.1, 0.15) is 18.1 Å². The third kappa shape index (κ3) is 2.96. The Labute approximate surface area is 140 Å². The van der Waals surface area contributed by atoms with E-state index in [-0.39, 0.29) is 12.6 Å². The van der Waals surface area contributed by atoms with Crippen LogP contribution in [0.25, 0.3) is 0 Å². The van der Waals surface area contributed by atoms with E-state index in [9.17, 15) is 18.0 Å². The van der Waals surface area contributed by atoms with Crippen LogP contribution in [0.1, 0.15) is 25.5 Å². The summed E-state index contributed by atoms with van der Waals surface area (Å²) in [4.78, 5) is 16.1. The predicted molar refractivity (Wildman–Crippen MR) is 79.4 cm³/mol. The number of halogens is 3. The number of ether oxygens (including phenoxy) is 1. The van der Waals surface area contributed by atoms with Crippen molar-refractivity contribution in [2.45, 2.75) is 32.6 Å². The lowest BCUT2D eigenvalue weighted by atomic mass is 9.97. The molecule has 1 unspecified atom stereocenters. The Morgan fingerprint density at radius 2 is 2.12 bits per heavy atom. The van der Waals surface area contributed by atoms with Crippen molar-refractivity contribution in [3.63, 3.8) is 0 Å². The number of fused-ring (bicyclic) bond motifs is 1. The molecule has 0 aromatic carbocycles. The van der Waals surface area contributed by atoms with Crippen molar-refractivity contribution in [2.24, 2.45) is 0 Å². The lowest BCUT2D eigenvalue weighted by molar-refractivity contribution is -0.140. The molecule has 1 aliphatic rings. The SMILES string of the molecule is CCOC(=O)C1=C(C(F)(F)F)Nc2ncnn2C1c1cnn(CC)c1. The largest absolute Gasteiger partial charge is 0.463 e. The summed E-state index contributed by atoms with van der Waals surface area (Å²) in [5, 5.41) is 10.2. The van der Waals surface area contributed by atoms with E-state index in [2.05, 4.69) is 20.5 Å². The summed E-state index contributed by atoms with van der Waals surface area (Å²) in [6.45, 7) is 3.83. The van der Waals surface area contributed by atoms with Gasteiger partial charge in [0, 0.05) is 18.3 Å². The number of aryl methyl sites for hydroxylation is 1. The molecule has 0 amide bonds. The third-order valence-electron chi connectivity index (χ3n) is 3.67. The van der Waals surface area contributed by atoms with Crippen LogP contribution >= 0.6 is 0 Å². The maximum absolute atomic E-state index is 13.5. The first-order valence-corrected chi connectivity index (χ1v) is 7.54. The summed E-state index contributed by atoms with van der Waals surface area (Å²) in [5.41, 5.74) is -1.41. The van der Waals surface area contributed by atoms with Crippen molar-refractivity contribution in [1.29, 1.82) is 0 Å². The fourth-order valence-electron chi connectivity index (χ4n) is 2.61. The van der Waals surface area contributed by atoms with Gasteiger partial charge < -0.3 is 10.1 Å². The molecule has 11 heteroatoms. The number of nitrogens with one attached hydrogen (secondary N) is 1. The molecule has 0 aliphatic carbocycles. The lowest BCUT2D eigenvalue weighted by Crippen LogP contribution is -2.35. The Kier molecular flexibility index (Phi) is 4.23. The molecule has 3 rings (SSSR count). The van der Waals surface area contributed by atoms with Gasteiger partial charge in [-0.05, 0) is 13.8 Å². The number of hydrogen-bond donors (Lipinski definition) is 1. The van der Waals surface area contributed by atoms with Gasteiger partial charge in [0.25, 0.3) is 0 Å². The zero-order valence-corrected chi connectivity index (χ0v) is 13.4. The van der Waals surface area contributed by atoms with Crippen molar-refractivity contribution in [1.82, 2.24) is 24.5 Å². The summed E-state index contributed by atoms with van der Waals surface area (Å²) in [6.07, 6.45) is -0.715. The first kappa shape index (κ1) is 17.0. The van der Waals surface area contributed by atoms with Crippen LogP contribution in [0.2, 0.25) is 0 Å². The van der Waals surface area contributed by atoms with Gasteiger partial charge in [-0.15, -0.1) is 0 Å². The summed E-state index contributed by atoms with van der Waals surface area (Å²) >= 11 is 0. The zero-order chi connectivity index (χ0) is 18.2. The summed E-state index contributed by atoms with van der Waals surface area (Å²) < 4.78 is 48.2. The number of carbonyl (C=O) groups is 1. The van der Waals surface area contributed by atoms with Crippen molar-refractivity contribution >= 4 is 11.9 Å². The minimum Gasteiger partial charge on any atom is -0.463 e. The highest BCUT2D eigenvalue weighted by atomic mass is 19.4. The monoisotopic (exact) mass is 356 g/mol. The van der Waals surface area contributed by atoms with Gasteiger partial charge in [0.2, 0.25) is 5.95 Å². The summed E-state index contributed by atoms with van der Waals surface area (Å²) in [7, 11) is 0. The number of hydrogen-bond acceptors (Lipinski definition) is 6. The second-order valence-corrected chi connectivity index (χ2v) is 5.19. The minimum atomic E-state index is -4.79. The first-order valence-electron chi connectivity index (χ1n) is 7.54. The summed E-state index contributed by atoms with van der Waals surface area (Å²) in [6, 6.07) is -1.14. The third-order valence-corrected chi connectivity index (χ3v) is 3.67. The van der Waals surface area contributed by atoms with Crippen LogP contribution in [0.15, 0.2) is 30.0 Å². The van der Waals surface area contributed by atoms with E-state index >= 15 is 0 Å². The van der Waals surface area contributed by atoms with Crippen molar-refractivity contribution in [3.05, 3.63) is 35.6 Å². The van der Waals surface area contributed by atoms with Gasteiger partial charge in [0.15, 0.2) is 0 Å². The molecule has 8 nitrogen and oxygen atoms in total. The molecular weight excluding hydrogens is 341 g/mol. The van der Waals surface area contributed by atoms with Gasteiger partial charge in [-0.3, -0.25) is 4.68 Å². The van der Waals surface area contributed by atoms with Crippen LogP contribution in [0.4, 0.5) is 19.1 Å². The molecule has 0 fully saturated rings. The summed E-state index contributed by atoms with van der Waals surface area (Å²) in [5.74, 6) is -1.19. The predicted octanol–water partition coefficient (Wildman–Crippen LogP) is 1.89. The number of aromatic nitrogens is 5. The Balaban J connectivity index is 2.22. The molecule has 0 spiro atoms. The topological polar surface area (TPSA) is 86.9 Å². The molecule has 0 saturated heterocycles. The standard InChI is InChI=1S/C14H15F3N6O2/c1-3-22-6-8(5-19-22)10-9(12(24)25-4-2)11(14(15,16)17)21-13-18-7-20-23(10)13/h5-7,10H,3-4H2,1-2H3,(H,18,20,21). The number of nitrogens with zero attached hydrogens (tertiary/aromatic N) is 5. The smallest absolute Gasteiger partial charge is 0.431 e. The van der Waals surface area contributed by atoms with E-state index in [0.29, 0.717) is 12.1 Å². The van der Waals surface area contributed by atoms with Crippen molar-refractivity contribution in [3.8, 4) is 0 Å². The van der Waals surface area contributed by atoms with Crippen LogP contribution in [-0.4, -0.2) is 43.3 Å². The molecule has 0 bridgehead atoms. The van der Waals surface area contributed by atoms with Gasteiger partial charge in [0.05, 0.1) is 18.4 Å². The molecule has 2 aromatic rings. The van der Waals surface area contributed by atoms with Gasteiger partial charge in [-0.25, -0.2) is 9.48 Å². The number of carbonyl (C=O) groups excluding carboxylic acids is 1. The van der Waals surface area contributed by atoms with E-state index in [4.69, 9.17) is 4.74 Å². The Morgan fingerprint density at radius 1 is 1.36 bits per heavy atom. The maximum Gasteiger partial charge on any atom is 0.431 e. The van der Waals surface area contributed by atoms with E-state index in [0.717, 1.165) is 6.33 Å². The van der Waals surface area contributed by atoms with Crippen LogP contribution in [-0.2, 0) is 16.1 Å². The Morgan fingerprint density at radius 3 is 2.72 bits per heavy atom. The highest BCUT2D eigenvalue weighted by molar-refractivity contribution is 5.92. The normalized spacial score (nSPS) is 17.2. The van der Waals surface area contributed by atoms with Crippen molar-refractivity contribution in [2.75, 3.05) is 11.9 Å². The Hall–Kier alpha value is -2.85. The molecule has 1 atom stereocenters. The van der Waals surface area contributed by atoms with E-state index < -0.39 is 29.5 Å². The van der Waals surface area contributed by atoms with Gasteiger partial charge >= 0.3 is 12.1 Å². The molecule has 0 saturated carbocycles. The molecule has 25 heavy (non-hydrogen) atoms. The number of esters is 1. The van der Waals surface area contributed by atoms with Crippen LogP contribution < -0.4 is 5.32 Å². The fourth-order valence-corrected chi connectivity index (χ4v) is 2.61. The van der Waals surface area contributed by atoms with E-state index in [1.165, 1.54) is 17.8 Å². The maximum atomic E-state index is 13.5. The second-order valence-electron chi connectivity index (χ2n) is 5.19. The average molecular weight is 356 g/mol. The molecule has 1 aliphatic heterocycles. The van der Waals surface area contributed by atoms with Gasteiger partial charge in [-0.1, -0.05) is 0 Å². The molecular formula is C14H15F3N6O2. The number of allylic oxidation sites excluding steroid dienone is 1. The second kappa shape index (κ2) is 6.22. The minimum absolute atomic E-state index is 0.0569. The molecule has 1 N–H and O–H groups in total. The zero-order valence-electron chi connectivity index (χ0n) is 13.4. The number of alkyl halides is 3. The molecule has 134 valence electrons. The van der Waals surface area contributed by atoms with E-state index in [1.54, 1.807) is 10.9 Å². The van der Waals surface area contributed by atoms with E-state index in [1.807, 2.05) is 6.92 Å². The lowest BCUT2D eigenvalue weighted by Gasteiger charge is -2.29. The highest BCUT2D eigenvalue weighted by Crippen LogP contribution is 2.40. The highest BCUT2D eigenvalue weighted by Gasteiger charge is 2.46. The number of rotatable bonds is 4. The quantitative estimate of drug-likeness (QED) is 0.842. The van der Waals surface area contributed by atoms with Gasteiger partial charge in [-0.2, -0.15) is 28.4 Å². The Bertz CT molecular complexity index is 823. The average Bonchev–Trinajstić information content (AvgIpc) is 3.21. The first-order chi connectivity index (χ1) is 11.9. The number of anilines is 1. The van der Waals surface area contributed by atoms with Crippen molar-refractivity contribution < 1.29 is 22.7 Å². The van der Waals surface area contributed by atoms with Crippen LogP contribution in [0.5, 0.6) is 0 Å². The van der Waals surface area contributed by atoms with Crippen LogP contribution in [0, 0.1) is 0 Å². The molecule has 3 heterocycles. The fraction of sp³-hybridized carbons (Fsp3) is 0.429. The molecule has 2 aromatic heterocycles. The molecule has 0 radical (unpaired) electrons. The van der Waals surface area contributed by atoms with Crippen LogP contribution in [0.3, 0.4) is 0 Å².